The first-order valence-electron chi connectivity index (χ1n) is 6.29. The number of aromatic amines is 1. The molecule has 2 rings (SSSR count). The van der Waals surface area contributed by atoms with Crippen LogP contribution in [0.2, 0.25) is 0 Å². The van der Waals surface area contributed by atoms with E-state index in [0.717, 1.165) is 13.0 Å². The quantitative estimate of drug-likeness (QED) is 0.731. The predicted octanol–water partition coefficient (Wildman–Crippen LogP) is 0.459. The minimum atomic E-state index is -0.338. The number of aromatic nitrogens is 2. The van der Waals surface area contributed by atoms with E-state index in [1.807, 2.05) is 0 Å². The van der Waals surface area contributed by atoms with Crippen molar-refractivity contribution in [1.29, 1.82) is 0 Å². The summed E-state index contributed by atoms with van der Waals surface area (Å²) in [5.41, 5.74) is -0.659. The van der Waals surface area contributed by atoms with Crippen molar-refractivity contribution in [2.24, 2.45) is 0 Å². The van der Waals surface area contributed by atoms with Crippen molar-refractivity contribution in [3.8, 4) is 0 Å². The summed E-state index contributed by atoms with van der Waals surface area (Å²) in [6.45, 7) is 1.57. The molecule has 1 heterocycles. The summed E-state index contributed by atoms with van der Waals surface area (Å²) in [4.78, 5) is 24.5. The van der Waals surface area contributed by atoms with Crippen LogP contribution in [0, 0.1) is 0 Å². The molecule has 1 aliphatic carbocycles. The minimum Gasteiger partial charge on any atom is -0.314 e. The van der Waals surface area contributed by atoms with Crippen LogP contribution in [-0.2, 0) is 6.54 Å². The summed E-state index contributed by atoms with van der Waals surface area (Å²) in [5.74, 6) is 0. The molecule has 0 saturated heterocycles. The number of aryl methyl sites for hydroxylation is 1. The molecule has 5 heteroatoms. The lowest BCUT2D eigenvalue weighted by Crippen LogP contribution is -2.31. The van der Waals surface area contributed by atoms with Crippen LogP contribution in [0.3, 0.4) is 0 Å². The van der Waals surface area contributed by atoms with Gasteiger partial charge >= 0.3 is 5.69 Å². The van der Waals surface area contributed by atoms with Crippen LogP contribution in [0.1, 0.15) is 32.1 Å². The van der Waals surface area contributed by atoms with Crippen LogP contribution < -0.4 is 16.6 Å². The average Bonchev–Trinajstić information content (AvgIpc) is 2.79. The van der Waals surface area contributed by atoms with Gasteiger partial charge in [-0.15, -0.1) is 0 Å². The largest absolute Gasteiger partial charge is 0.328 e. The molecule has 1 fully saturated rings. The summed E-state index contributed by atoms with van der Waals surface area (Å²) >= 11 is 0. The Morgan fingerprint density at radius 1 is 1.35 bits per heavy atom. The summed E-state index contributed by atoms with van der Waals surface area (Å²) < 4.78 is 1.54. The molecule has 5 nitrogen and oxygen atoms in total. The van der Waals surface area contributed by atoms with Gasteiger partial charge in [0.25, 0.3) is 5.56 Å². The Kier molecular flexibility index (Phi) is 4.14. The van der Waals surface area contributed by atoms with Crippen molar-refractivity contribution in [1.82, 2.24) is 14.9 Å². The Bertz CT molecular complexity index is 457. The van der Waals surface area contributed by atoms with E-state index in [2.05, 4.69) is 10.3 Å². The first kappa shape index (κ1) is 12.1. The standard InChI is InChI=1S/C12H19N3O2/c16-11-6-9-15(12(17)14-11)8-3-7-13-10-4-1-2-5-10/h6,9-10,13H,1-5,7-8H2,(H,14,16,17). The third-order valence-electron chi connectivity index (χ3n) is 3.26. The molecule has 0 atom stereocenters. The van der Waals surface area contributed by atoms with Crippen molar-refractivity contribution in [3.63, 3.8) is 0 Å². The smallest absolute Gasteiger partial charge is 0.314 e. The number of hydrogen-bond donors (Lipinski definition) is 2. The molecular weight excluding hydrogens is 218 g/mol. The fraction of sp³-hybridized carbons (Fsp3) is 0.667. The van der Waals surface area contributed by atoms with E-state index in [0.29, 0.717) is 12.6 Å². The van der Waals surface area contributed by atoms with Gasteiger partial charge in [0.15, 0.2) is 0 Å². The van der Waals surface area contributed by atoms with Crippen LogP contribution in [0.5, 0.6) is 0 Å². The zero-order valence-electron chi connectivity index (χ0n) is 9.95. The fourth-order valence-electron chi connectivity index (χ4n) is 2.31. The van der Waals surface area contributed by atoms with Crippen molar-refractivity contribution < 1.29 is 0 Å². The first-order chi connectivity index (χ1) is 8.25. The summed E-state index contributed by atoms with van der Waals surface area (Å²) in [7, 11) is 0. The highest BCUT2D eigenvalue weighted by Crippen LogP contribution is 2.17. The lowest BCUT2D eigenvalue weighted by molar-refractivity contribution is 0.489. The van der Waals surface area contributed by atoms with Crippen molar-refractivity contribution in [3.05, 3.63) is 33.1 Å². The maximum atomic E-state index is 11.4. The van der Waals surface area contributed by atoms with Crippen LogP contribution in [0.15, 0.2) is 21.9 Å². The van der Waals surface area contributed by atoms with Gasteiger partial charge in [-0.25, -0.2) is 4.79 Å². The zero-order valence-corrected chi connectivity index (χ0v) is 9.95. The van der Waals surface area contributed by atoms with Gasteiger partial charge in [-0.2, -0.15) is 0 Å². The van der Waals surface area contributed by atoms with Crippen molar-refractivity contribution in [2.75, 3.05) is 6.54 Å². The molecule has 17 heavy (non-hydrogen) atoms. The maximum absolute atomic E-state index is 11.4. The molecule has 1 aromatic rings. The van der Waals surface area contributed by atoms with Crippen molar-refractivity contribution in [2.45, 2.75) is 44.7 Å². The van der Waals surface area contributed by atoms with Crippen molar-refractivity contribution >= 4 is 0 Å². The number of H-pyrrole nitrogens is 1. The van der Waals surface area contributed by atoms with E-state index in [4.69, 9.17) is 0 Å². The highest BCUT2D eigenvalue weighted by Gasteiger charge is 2.13. The lowest BCUT2D eigenvalue weighted by atomic mass is 10.2. The summed E-state index contributed by atoms with van der Waals surface area (Å²) in [6, 6.07) is 2.05. The van der Waals surface area contributed by atoms with Gasteiger partial charge in [-0.05, 0) is 25.8 Å². The second-order valence-corrected chi connectivity index (χ2v) is 4.59. The number of nitrogens with zero attached hydrogens (tertiary/aromatic N) is 1. The topological polar surface area (TPSA) is 66.9 Å². The Morgan fingerprint density at radius 3 is 2.82 bits per heavy atom. The normalized spacial score (nSPS) is 16.5. The van der Waals surface area contributed by atoms with E-state index in [-0.39, 0.29) is 11.2 Å². The van der Waals surface area contributed by atoms with Crippen LogP contribution >= 0.6 is 0 Å². The van der Waals surface area contributed by atoms with Gasteiger partial charge in [-0.1, -0.05) is 12.8 Å². The molecule has 1 saturated carbocycles. The molecule has 1 aliphatic rings. The van der Waals surface area contributed by atoms with E-state index in [1.165, 1.54) is 36.3 Å². The fourth-order valence-corrected chi connectivity index (χ4v) is 2.31. The molecule has 1 aromatic heterocycles. The average molecular weight is 237 g/mol. The number of nitrogens with one attached hydrogen (secondary N) is 2. The Hall–Kier alpha value is -1.36. The molecule has 0 bridgehead atoms. The molecule has 0 radical (unpaired) electrons. The third-order valence-corrected chi connectivity index (χ3v) is 3.26. The molecule has 0 unspecified atom stereocenters. The van der Waals surface area contributed by atoms with Crippen LogP contribution in [0.25, 0.3) is 0 Å². The van der Waals surface area contributed by atoms with E-state index < -0.39 is 0 Å². The van der Waals surface area contributed by atoms with Crippen LogP contribution in [0.4, 0.5) is 0 Å². The summed E-state index contributed by atoms with van der Waals surface area (Å²) in [5, 5.41) is 3.50. The summed E-state index contributed by atoms with van der Waals surface area (Å²) in [6.07, 6.45) is 7.67. The SMILES string of the molecule is O=c1ccn(CCCNC2CCCC2)c(=O)[nH]1. The molecular formula is C12H19N3O2. The highest BCUT2D eigenvalue weighted by atomic mass is 16.2. The van der Waals surface area contributed by atoms with Gasteiger partial charge in [0, 0.05) is 24.8 Å². The molecule has 2 N–H and O–H groups in total. The van der Waals surface area contributed by atoms with Gasteiger partial charge < -0.3 is 9.88 Å². The molecule has 0 aromatic carbocycles. The molecule has 0 aliphatic heterocycles. The van der Waals surface area contributed by atoms with E-state index >= 15 is 0 Å². The Labute approximate surface area is 99.9 Å². The van der Waals surface area contributed by atoms with Gasteiger partial charge in [0.2, 0.25) is 0 Å². The predicted molar refractivity (Wildman–Crippen MR) is 66.2 cm³/mol. The minimum absolute atomic E-state index is 0.321. The molecule has 0 amide bonds. The number of hydrogen-bond acceptors (Lipinski definition) is 3. The molecule has 94 valence electrons. The maximum Gasteiger partial charge on any atom is 0.328 e. The first-order valence-corrected chi connectivity index (χ1v) is 6.29. The van der Waals surface area contributed by atoms with E-state index in [9.17, 15) is 9.59 Å². The van der Waals surface area contributed by atoms with Gasteiger partial charge in [0.1, 0.15) is 0 Å². The third kappa shape index (κ3) is 3.56. The monoisotopic (exact) mass is 237 g/mol. The highest BCUT2D eigenvalue weighted by molar-refractivity contribution is 4.82. The van der Waals surface area contributed by atoms with Gasteiger partial charge in [0.05, 0.1) is 0 Å². The second kappa shape index (κ2) is 5.82. The van der Waals surface area contributed by atoms with E-state index in [1.54, 1.807) is 6.20 Å². The molecule has 0 spiro atoms. The Morgan fingerprint density at radius 2 is 2.12 bits per heavy atom. The van der Waals surface area contributed by atoms with Gasteiger partial charge in [-0.3, -0.25) is 9.78 Å². The van der Waals surface area contributed by atoms with Crippen LogP contribution in [-0.4, -0.2) is 22.1 Å². The Balaban J connectivity index is 1.74. The lowest BCUT2D eigenvalue weighted by Gasteiger charge is -2.11. The number of rotatable bonds is 5. The zero-order chi connectivity index (χ0) is 12.1. The second-order valence-electron chi connectivity index (χ2n) is 4.59.